The molecule has 3 heteroatoms. The summed E-state index contributed by atoms with van der Waals surface area (Å²) in [5.41, 5.74) is -0.291. The number of ether oxygens (including phenoxy) is 1. The van der Waals surface area contributed by atoms with Crippen LogP contribution in [0.1, 0.15) is 27.7 Å². The summed E-state index contributed by atoms with van der Waals surface area (Å²) in [7, 11) is 0. The minimum absolute atomic E-state index is 0.291. The highest BCUT2D eigenvalue weighted by Crippen LogP contribution is 2.10. The Kier molecular flexibility index (Phi) is 5.68. The Balaban J connectivity index is 3.58. The molecule has 0 heterocycles. The Morgan fingerprint density at radius 2 is 2.15 bits per heavy atom. The van der Waals surface area contributed by atoms with E-state index in [2.05, 4.69) is 18.3 Å². The summed E-state index contributed by atoms with van der Waals surface area (Å²) in [5, 5.41) is 12.0. The summed E-state index contributed by atoms with van der Waals surface area (Å²) < 4.78 is 5.25. The number of hydrogen-bond acceptors (Lipinski definition) is 3. The molecule has 0 aliphatic carbocycles. The first kappa shape index (κ1) is 12.4. The molecule has 0 saturated heterocycles. The van der Waals surface area contributed by atoms with Crippen molar-refractivity contribution in [2.24, 2.45) is 5.41 Å². The number of nitrogens with one attached hydrogen (secondary N) is 1. The van der Waals surface area contributed by atoms with Crippen molar-refractivity contribution in [2.45, 2.75) is 33.7 Å². The zero-order valence-corrected chi connectivity index (χ0v) is 9.05. The molecule has 0 aliphatic rings. The van der Waals surface area contributed by atoms with E-state index in [0.29, 0.717) is 19.2 Å². The van der Waals surface area contributed by atoms with Gasteiger partial charge in [0.1, 0.15) is 0 Å². The molecule has 1 unspecified atom stereocenters. The Labute approximate surface area is 81.1 Å². The molecule has 0 aromatic carbocycles. The third-order valence-electron chi connectivity index (χ3n) is 1.77. The van der Waals surface area contributed by atoms with Gasteiger partial charge in [-0.05, 0) is 27.7 Å². The Bertz CT molecular complexity index is 172. The molecule has 0 rings (SSSR count). The van der Waals surface area contributed by atoms with Crippen LogP contribution in [0.5, 0.6) is 0 Å². The lowest BCUT2D eigenvalue weighted by Crippen LogP contribution is -2.37. The molecule has 1 atom stereocenters. The summed E-state index contributed by atoms with van der Waals surface area (Å²) >= 11 is 0. The lowest BCUT2D eigenvalue weighted by molar-refractivity contribution is 0.125. The van der Waals surface area contributed by atoms with E-state index in [0.717, 1.165) is 6.61 Å². The highest BCUT2D eigenvalue weighted by molar-refractivity contribution is 4.93. The van der Waals surface area contributed by atoms with Crippen LogP contribution in [0.3, 0.4) is 0 Å². The van der Waals surface area contributed by atoms with Crippen LogP contribution in [-0.4, -0.2) is 25.8 Å². The standard InChI is InChI=1S/C10H20N2O/c1-5-13-6-9(2)12-8-10(3,4)7-11/h9,12H,5-6,8H2,1-4H3. The molecular formula is C10H20N2O. The molecule has 76 valence electrons. The molecule has 0 saturated carbocycles. The van der Waals surface area contributed by atoms with Crippen LogP contribution in [0.2, 0.25) is 0 Å². The van der Waals surface area contributed by atoms with Gasteiger partial charge in [0.05, 0.1) is 18.1 Å². The second kappa shape index (κ2) is 5.95. The molecule has 0 fully saturated rings. The lowest BCUT2D eigenvalue weighted by Gasteiger charge is -2.20. The van der Waals surface area contributed by atoms with Crippen molar-refractivity contribution in [2.75, 3.05) is 19.8 Å². The highest BCUT2D eigenvalue weighted by Gasteiger charge is 2.16. The molecule has 0 spiro atoms. The summed E-state index contributed by atoms with van der Waals surface area (Å²) in [6, 6.07) is 2.56. The topological polar surface area (TPSA) is 45.0 Å². The van der Waals surface area contributed by atoms with Gasteiger partial charge >= 0.3 is 0 Å². The fourth-order valence-corrected chi connectivity index (χ4v) is 0.822. The maximum absolute atomic E-state index is 8.76. The van der Waals surface area contributed by atoms with E-state index in [1.807, 2.05) is 20.8 Å². The quantitative estimate of drug-likeness (QED) is 0.681. The monoisotopic (exact) mass is 184 g/mol. The van der Waals surface area contributed by atoms with E-state index in [1.54, 1.807) is 0 Å². The minimum Gasteiger partial charge on any atom is -0.380 e. The Morgan fingerprint density at radius 1 is 1.54 bits per heavy atom. The first-order valence-electron chi connectivity index (χ1n) is 4.74. The third kappa shape index (κ3) is 6.56. The number of nitrogens with zero attached hydrogens (tertiary/aromatic N) is 1. The van der Waals surface area contributed by atoms with E-state index in [-0.39, 0.29) is 5.41 Å². The van der Waals surface area contributed by atoms with Gasteiger partial charge in [-0.1, -0.05) is 0 Å². The Morgan fingerprint density at radius 3 is 2.62 bits per heavy atom. The summed E-state index contributed by atoms with van der Waals surface area (Å²) in [6.45, 7) is 10.0. The van der Waals surface area contributed by atoms with Crippen molar-refractivity contribution in [1.29, 1.82) is 5.26 Å². The van der Waals surface area contributed by atoms with Crippen molar-refractivity contribution in [3.63, 3.8) is 0 Å². The predicted octanol–water partition coefficient (Wildman–Crippen LogP) is 1.55. The molecule has 0 radical (unpaired) electrons. The second-order valence-corrected chi connectivity index (χ2v) is 3.94. The van der Waals surface area contributed by atoms with Gasteiger partial charge in [0.15, 0.2) is 0 Å². The summed E-state index contributed by atoms with van der Waals surface area (Å²) in [6.07, 6.45) is 0. The largest absolute Gasteiger partial charge is 0.380 e. The van der Waals surface area contributed by atoms with Crippen molar-refractivity contribution in [3.05, 3.63) is 0 Å². The fourth-order valence-electron chi connectivity index (χ4n) is 0.822. The first-order chi connectivity index (χ1) is 6.02. The van der Waals surface area contributed by atoms with Crippen LogP contribution in [0.4, 0.5) is 0 Å². The average Bonchev–Trinajstić information content (AvgIpc) is 2.11. The maximum Gasteiger partial charge on any atom is 0.0697 e. The normalized spacial score (nSPS) is 13.8. The second-order valence-electron chi connectivity index (χ2n) is 3.94. The minimum atomic E-state index is -0.291. The van der Waals surface area contributed by atoms with Crippen LogP contribution >= 0.6 is 0 Å². The van der Waals surface area contributed by atoms with E-state index in [1.165, 1.54) is 0 Å². The van der Waals surface area contributed by atoms with E-state index in [9.17, 15) is 0 Å². The van der Waals surface area contributed by atoms with Gasteiger partial charge in [0.2, 0.25) is 0 Å². The van der Waals surface area contributed by atoms with Crippen molar-refractivity contribution < 1.29 is 4.74 Å². The molecule has 0 aromatic rings. The number of nitriles is 1. The summed E-state index contributed by atoms with van der Waals surface area (Å²) in [5.74, 6) is 0. The molecule has 3 nitrogen and oxygen atoms in total. The zero-order valence-electron chi connectivity index (χ0n) is 9.05. The van der Waals surface area contributed by atoms with Gasteiger partial charge in [0, 0.05) is 19.2 Å². The Hall–Kier alpha value is -0.590. The molecule has 0 aromatic heterocycles. The van der Waals surface area contributed by atoms with E-state index in [4.69, 9.17) is 10.00 Å². The number of rotatable bonds is 6. The van der Waals surface area contributed by atoms with Crippen molar-refractivity contribution >= 4 is 0 Å². The van der Waals surface area contributed by atoms with Gasteiger partial charge < -0.3 is 10.1 Å². The molecule has 1 N–H and O–H groups in total. The maximum atomic E-state index is 8.76. The molecule has 13 heavy (non-hydrogen) atoms. The SMILES string of the molecule is CCOCC(C)NCC(C)(C)C#N. The van der Waals surface area contributed by atoms with Gasteiger partial charge in [-0.25, -0.2) is 0 Å². The van der Waals surface area contributed by atoms with Gasteiger partial charge in [-0.3, -0.25) is 0 Å². The third-order valence-corrected chi connectivity index (χ3v) is 1.77. The molecule has 0 bridgehead atoms. The molecular weight excluding hydrogens is 164 g/mol. The predicted molar refractivity (Wildman–Crippen MR) is 53.4 cm³/mol. The van der Waals surface area contributed by atoms with Crippen LogP contribution in [0.15, 0.2) is 0 Å². The van der Waals surface area contributed by atoms with Crippen LogP contribution in [0.25, 0.3) is 0 Å². The van der Waals surface area contributed by atoms with Crippen molar-refractivity contribution in [3.8, 4) is 6.07 Å². The van der Waals surface area contributed by atoms with Crippen LogP contribution in [-0.2, 0) is 4.74 Å². The average molecular weight is 184 g/mol. The van der Waals surface area contributed by atoms with Crippen LogP contribution in [0, 0.1) is 16.7 Å². The molecule has 0 aliphatic heterocycles. The van der Waals surface area contributed by atoms with E-state index < -0.39 is 0 Å². The first-order valence-corrected chi connectivity index (χ1v) is 4.74. The molecule has 0 amide bonds. The fraction of sp³-hybridized carbons (Fsp3) is 0.900. The van der Waals surface area contributed by atoms with Crippen LogP contribution < -0.4 is 5.32 Å². The van der Waals surface area contributed by atoms with Gasteiger partial charge in [-0.2, -0.15) is 5.26 Å². The van der Waals surface area contributed by atoms with Gasteiger partial charge in [-0.15, -0.1) is 0 Å². The van der Waals surface area contributed by atoms with Gasteiger partial charge in [0.25, 0.3) is 0 Å². The summed E-state index contributed by atoms with van der Waals surface area (Å²) in [4.78, 5) is 0. The zero-order chi connectivity index (χ0) is 10.3. The smallest absolute Gasteiger partial charge is 0.0697 e. The number of hydrogen-bond donors (Lipinski definition) is 1. The van der Waals surface area contributed by atoms with E-state index >= 15 is 0 Å². The lowest BCUT2D eigenvalue weighted by atomic mass is 9.96. The van der Waals surface area contributed by atoms with Crippen molar-refractivity contribution in [1.82, 2.24) is 5.32 Å². The highest BCUT2D eigenvalue weighted by atomic mass is 16.5.